The van der Waals surface area contributed by atoms with E-state index in [1.54, 1.807) is 19.8 Å². The number of likely N-dealkylation sites (N-methyl/N-ethyl adjacent to an activating group) is 1. The van der Waals surface area contributed by atoms with Gasteiger partial charge in [-0.1, -0.05) is 24.6 Å². The zero-order chi connectivity index (χ0) is 14.4. The minimum atomic E-state index is 0.445. The summed E-state index contributed by atoms with van der Waals surface area (Å²) in [6.07, 6.45) is 7.14. The number of ether oxygens (including phenoxy) is 2. The van der Waals surface area contributed by atoms with Crippen molar-refractivity contribution in [3.05, 3.63) is 35.4 Å². The summed E-state index contributed by atoms with van der Waals surface area (Å²) in [7, 11) is 3.35. The van der Waals surface area contributed by atoms with E-state index in [4.69, 9.17) is 9.47 Å². The van der Waals surface area contributed by atoms with Gasteiger partial charge in [-0.2, -0.15) is 0 Å². The van der Waals surface area contributed by atoms with Crippen LogP contribution in [-0.4, -0.2) is 26.8 Å². The Hall–Kier alpha value is -1.48. The molecule has 0 saturated heterocycles. The quantitative estimate of drug-likeness (QED) is 0.774. The van der Waals surface area contributed by atoms with E-state index in [1.165, 1.54) is 24.8 Å². The van der Waals surface area contributed by atoms with Crippen molar-refractivity contribution in [1.82, 2.24) is 5.32 Å². The van der Waals surface area contributed by atoms with Gasteiger partial charge in [0.25, 0.3) is 0 Å². The zero-order valence-electron chi connectivity index (χ0n) is 12.7. The van der Waals surface area contributed by atoms with Crippen molar-refractivity contribution < 1.29 is 9.47 Å². The van der Waals surface area contributed by atoms with Gasteiger partial charge in [0.2, 0.25) is 0 Å². The number of rotatable bonds is 7. The first-order valence-corrected chi connectivity index (χ1v) is 7.41. The van der Waals surface area contributed by atoms with Crippen molar-refractivity contribution in [3.8, 4) is 11.5 Å². The van der Waals surface area contributed by atoms with Gasteiger partial charge < -0.3 is 14.8 Å². The van der Waals surface area contributed by atoms with Gasteiger partial charge in [0.05, 0.1) is 14.2 Å². The van der Waals surface area contributed by atoms with E-state index >= 15 is 0 Å². The lowest BCUT2D eigenvalue weighted by Crippen LogP contribution is -2.32. The molecule has 1 N–H and O–H groups in total. The SMILES string of the molecule is CCNC(Cc1ccc(OC)c(OC)c1)C1=CCCC1. The third-order valence-corrected chi connectivity index (χ3v) is 3.86. The van der Waals surface area contributed by atoms with Crippen LogP contribution in [0.1, 0.15) is 31.7 Å². The third-order valence-electron chi connectivity index (χ3n) is 3.86. The number of nitrogens with one attached hydrogen (secondary N) is 1. The smallest absolute Gasteiger partial charge is 0.160 e. The first-order chi connectivity index (χ1) is 9.78. The van der Waals surface area contributed by atoms with Crippen molar-refractivity contribution in [2.24, 2.45) is 0 Å². The van der Waals surface area contributed by atoms with Crippen LogP contribution in [0.5, 0.6) is 11.5 Å². The Balaban J connectivity index is 2.13. The summed E-state index contributed by atoms with van der Waals surface area (Å²) in [5, 5.41) is 3.60. The fourth-order valence-electron chi connectivity index (χ4n) is 2.84. The lowest BCUT2D eigenvalue weighted by Gasteiger charge is -2.20. The van der Waals surface area contributed by atoms with Gasteiger partial charge in [-0.3, -0.25) is 0 Å². The van der Waals surface area contributed by atoms with E-state index in [-0.39, 0.29) is 0 Å². The van der Waals surface area contributed by atoms with Crippen LogP contribution in [0, 0.1) is 0 Å². The van der Waals surface area contributed by atoms with E-state index in [1.807, 2.05) is 6.07 Å². The molecule has 110 valence electrons. The number of methoxy groups -OCH3 is 2. The molecule has 0 bridgehead atoms. The first kappa shape index (κ1) is 14.9. The molecule has 0 heterocycles. The number of hydrogen-bond donors (Lipinski definition) is 1. The normalized spacial score (nSPS) is 15.8. The van der Waals surface area contributed by atoms with Crippen LogP contribution in [0.25, 0.3) is 0 Å². The van der Waals surface area contributed by atoms with Crippen LogP contribution < -0.4 is 14.8 Å². The fraction of sp³-hybridized carbons (Fsp3) is 0.529. The standard InChI is InChI=1S/C17H25NO2/c1-4-18-15(14-7-5-6-8-14)11-13-9-10-16(19-2)17(12-13)20-3/h7,9-10,12,15,18H,4-6,8,11H2,1-3H3. The van der Waals surface area contributed by atoms with Crippen LogP contribution in [0.15, 0.2) is 29.8 Å². The highest BCUT2D eigenvalue weighted by Gasteiger charge is 2.17. The minimum absolute atomic E-state index is 0.445. The van der Waals surface area contributed by atoms with E-state index in [0.29, 0.717) is 6.04 Å². The van der Waals surface area contributed by atoms with Gasteiger partial charge in [-0.25, -0.2) is 0 Å². The molecular weight excluding hydrogens is 250 g/mol. The summed E-state index contributed by atoms with van der Waals surface area (Å²) >= 11 is 0. The van der Waals surface area contributed by atoms with Crippen molar-refractivity contribution >= 4 is 0 Å². The maximum Gasteiger partial charge on any atom is 0.160 e. The van der Waals surface area contributed by atoms with E-state index in [9.17, 15) is 0 Å². The molecule has 0 radical (unpaired) electrons. The Morgan fingerprint density at radius 3 is 2.60 bits per heavy atom. The van der Waals surface area contributed by atoms with Crippen LogP contribution in [0.4, 0.5) is 0 Å². The lowest BCUT2D eigenvalue weighted by molar-refractivity contribution is 0.354. The average Bonchev–Trinajstić information content (AvgIpc) is 3.00. The van der Waals surface area contributed by atoms with Crippen molar-refractivity contribution in [1.29, 1.82) is 0 Å². The molecule has 0 fully saturated rings. The Morgan fingerprint density at radius 1 is 1.20 bits per heavy atom. The Morgan fingerprint density at radius 2 is 2.00 bits per heavy atom. The largest absolute Gasteiger partial charge is 0.493 e. The van der Waals surface area contributed by atoms with Crippen molar-refractivity contribution in [3.63, 3.8) is 0 Å². The second-order valence-electron chi connectivity index (χ2n) is 5.17. The molecule has 0 aliphatic heterocycles. The van der Waals surface area contributed by atoms with E-state index in [2.05, 4.69) is 30.4 Å². The predicted octanol–water partition coefficient (Wildman–Crippen LogP) is 3.33. The molecule has 0 saturated carbocycles. The summed E-state index contributed by atoms with van der Waals surface area (Å²) in [6.45, 7) is 3.16. The van der Waals surface area contributed by atoms with Crippen LogP contribution in [-0.2, 0) is 6.42 Å². The summed E-state index contributed by atoms with van der Waals surface area (Å²) in [5.41, 5.74) is 2.84. The van der Waals surface area contributed by atoms with E-state index in [0.717, 1.165) is 24.5 Å². The molecule has 1 aromatic rings. The van der Waals surface area contributed by atoms with Crippen molar-refractivity contribution in [2.75, 3.05) is 20.8 Å². The second-order valence-corrected chi connectivity index (χ2v) is 5.17. The number of hydrogen-bond acceptors (Lipinski definition) is 3. The Labute approximate surface area is 122 Å². The van der Waals surface area contributed by atoms with Gasteiger partial charge in [-0.05, 0) is 49.9 Å². The third kappa shape index (κ3) is 3.54. The highest BCUT2D eigenvalue weighted by atomic mass is 16.5. The van der Waals surface area contributed by atoms with Crippen LogP contribution in [0.3, 0.4) is 0 Å². The summed E-state index contributed by atoms with van der Waals surface area (Å²) < 4.78 is 10.7. The van der Waals surface area contributed by atoms with Crippen molar-refractivity contribution in [2.45, 2.75) is 38.6 Å². The molecule has 1 atom stereocenters. The first-order valence-electron chi connectivity index (χ1n) is 7.41. The molecule has 20 heavy (non-hydrogen) atoms. The maximum absolute atomic E-state index is 5.38. The van der Waals surface area contributed by atoms with Gasteiger partial charge in [0.1, 0.15) is 0 Å². The minimum Gasteiger partial charge on any atom is -0.493 e. The fourth-order valence-corrected chi connectivity index (χ4v) is 2.84. The molecule has 3 heteroatoms. The van der Waals surface area contributed by atoms with Gasteiger partial charge in [0, 0.05) is 6.04 Å². The maximum atomic E-state index is 5.38. The van der Waals surface area contributed by atoms with Gasteiger partial charge in [-0.15, -0.1) is 0 Å². The lowest BCUT2D eigenvalue weighted by atomic mass is 9.98. The molecule has 3 nitrogen and oxygen atoms in total. The molecule has 1 unspecified atom stereocenters. The zero-order valence-corrected chi connectivity index (χ0v) is 12.7. The molecule has 1 aliphatic rings. The summed E-state index contributed by atoms with van der Waals surface area (Å²) in [5.74, 6) is 1.59. The summed E-state index contributed by atoms with van der Waals surface area (Å²) in [4.78, 5) is 0. The molecule has 1 aliphatic carbocycles. The predicted molar refractivity (Wildman–Crippen MR) is 82.6 cm³/mol. The van der Waals surface area contributed by atoms with Crippen LogP contribution in [0.2, 0.25) is 0 Å². The van der Waals surface area contributed by atoms with E-state index < -0.39 is 0 Å². The second kappa shape index (κ2) is 7.34. The Bertz CT molecular complexity index is 468. The Kier molecular flexibility index (Phi) is 5.48. The number of allylic oxidation sites excluding steroid dienone is 1. The summed E-state index contributed by atoms with van der Waals surface area (Å²) in [6, 6.07) is 6.64. The molecule has 1 aromatic carbocycles. The molecular formula is C17H25NO2. The molecule has 0 spiro atoms. The molecule has 0 aromatic heterocycles. The number of benzene rings is 1. The average molecular weight is 275 g/mol. The highest BCUT2D eigenvalue weighted by molar-refractivity contribution is 5.43. The topological polar surface area (TPSA) is 30.5 Å². The molecule has 2 rings (SSSR count). The van der Waals surface area contributed by atoms with Gasteiger partial charge >= 0.3 is 0 Å². The highest BCUT2D eigenvalue weighted by Crippen LogP contribution is 2.29. The molecule has 0 amide bonds. The van der Waals surface area contributed by atoms with Gasteiger partial charge in [0.15, 0.2) is 11.5 Å². The monoisotopic (exact) mass is 275 g/mol. The van der Waals surface area contributed by atoms with Crippen LogP contribution >= 0.6 is 0 Å².